The van der Waals surface area contributed by atoms with Crippen LogP contribution in [0.3, 0.4) is 0 Å². The van der Waals surface area contributed by atoms with Crippen LogP contribution < -0.4 is 0 Å². The van der Waals surface area contributed by atoms with Crippen LogP contribution in [0, 0.1) is 6.92 Å². The summed E-state index contributed by atoms with van der Waals surface area (Å²) in [6.07, 6.45) is 7.94. The van der Waals surface area contributed by atoms with Crippen LogP contribution in [0.5, 0.6) is 0 Å². The van der Waals surface area contributed by atoms with Gasteiger partial charge in [0.05, 0.1) is 0 Å². The van der Waals surface area contributed by atoms with Crippen molar-refractivity contribution in [1.29, 1.82) is 0 Å². The van der Waals surface area contributed by atoms with Gasteiger partial charge in [-0.05, 0) is 64.1 Å². The Balaban J connectivity index is 1.74. The van der Waals surface area contributed by atoms with Gasteiger partial charge in [0.25, 0.3) is 0 Å². The minimum atomic E-state index is 0.255. The average Bonchev–Trinajstić information content (AvgIpc) is 2.97. The molecule has 2 saturated heterocycles. The maximum absolute atomic E-state index is 12.7. The van der Waals surface area contributed by atoms with Gasteiger partial charge in [-0.2, -0.15) is 0 Å². The molecule has 3 nitrogen and oxygen atoms in total. The largest absolute Gasteiger partial charge is 0.461 e. The predicted octanol–water partition coefficient (Wildman–Crippen LogP) is 5.46. The first kappa shape index (κ1) is 16.8. The molecular formula is C22H29NO2. The summed E-state index contributed by atoms with van der Waals surface area (Å²) in [5.41, 5.74) is 3.08. The fourth-order valence-electron chi connectivity index (χ4n) is 5.03. The number of Topliss-reactive ketones (excluding diaryl/α,β-unsaturated/α-hetero) is 1. The Labute approximate surface area is 150 Å². The molecule has 2 atom stereocenters. The smallest absolute Gasteiger partial charge is 0.163 e. The van der Waals surface area contributed by atoms with Crippen LogP contribution >= 0.6 is 0 Å². The van der Waals surface area contributed by atoms with E-state index in [2.05, 4.69) is 18.7 Å². The molecule has 2 fully saturated rings. The molecule has 0 aliphatic carbocycles. The molecule has 0 saturated carbocycles. The zero-order valence-electron chi connectivity index (χ0n) is 15.5. The van der Waals surface area contributed by atoms with E-state index in [1.165, 1.54) is 50.8 Å². The van der Waals surface area contributed by atoms with Gasteiger partial charge >= 0.3 is 0 Å². The number of ketones is 1. The van der Waals surface area contributed by atoms with Gasteiger partial charge in [-0.25, -0.2) is 0 Å². The minimum absolute atomic E-state index is 0.255. The van der Waals surface area contributed by atoms with Crippen LogP contribution in [0.15, 0.2) is 22.6 Å². The third kappa shape index (κ3) is 3.03. The molecule has 1 aromatic carbocycles. The van der Waals surface area contributed by atoms with Crippen molar-refractivity contribution in [2.75, 3.05) is 13.1 Å². The van der Waals surface area contributed by atoms with E-state index in [0.717, 1.165) is 34.8 Å². The number of piperidine rings is 2. The molecule has 2 aliphatic heterocycles. The Morgan fingerprint density at radius 1 is 1.24 bits per heavy atom. The first-order valence-electron chi connectivity index (χ1n) is 9.98. The molecule has 0 spiro atoms. The number of fused-ring (bicyclic) bond motifs is 2. The lowest BCUT2D eigenvalue weighted by Crippen LogP contribution is -2.44. The van der Waals surface area contributed by atoms with Crippen molar-refractivity contribution in [2.24, 2.45) is 0 Å². The first-order valence-corrected chi connectivity index (χ1v) is 9.98. The lowest BCUT2D eigenvalue weighted by atomic mass is 9.80. The van der Waals surface area contributed by atoms with Gasteiger partial charge < -0.3 is 9.32 Å². The molecule has 2 unspecified atom stereocenters. The molecule has 4 rings (SSSR count). The predicted molar refractivity (Wildman–Crippen MR) is 101 cm³/mol. The molecule has 134 valence electrons. The lowest BCUT2D eigenvalue weighted by Gasteiger charge is -2.42. The van der Waals surface area contributed by atoms with Gasteiger partial charge in [0, 0.05) is 29.0 Å². The third-order valence-electron chi connectivity index (χ3n) is 6.19. The molecule has 25 heavy (non-hydrogen) atoms. The van der Waals surface area contributed by atoms with Crippen LogP contribution in [0.25, 0.3) is 11.0 Å². The standard InChI is InChI=1S/C22H29NO2/c1-3-7-19(24)18-9-6-10-20-22(18)21(15(2)25-20)16-11-13-23-12-5-4-8-17(23)14-16/h6,9-10,16-17H,3-5,7-8,11-14H2,1-2H3. The van der Waals surface area contributed by atoms with E-state index in [9.17, 15) is 4.79 Å². The Hall–Kier alpha value is -1.61. The van der Waals surface area contributed by atoms with Crippen LogP contribution in [-0.2, 0) is 0 Å². The van der Waals surface area contributed by atoms with E-state index in [1.807, 2.05) is 18.2 Å². The summed E-state index contributed by atoms with van der Waals surface area (Å²) in [5, 5.41) is 1.10. The lowest BCUT2D eigenvalue weighted by molar-refractivity contribution is 0.0971. The third-order valence-corrected chi connectivity index (χ3v) is 6.19. The topological polar surface area (TPSA) is 33.5 Å². The number of rotatable bonds is 4. The second-order valence-electron chi connectivity index (χ2n) is 7.83. The summed E-state index contributed by atoms with van der Waals surface area (Å²) < 4.78 is 6.09. The maximum atomic E-state index is 12.7. The number of hydrogen-bond acceptors (Lipinski definition) is 3. The zero-order chi connectivity index (χ0) is 17.4. The Morgan fingerprint density at radius 3 is 2.96 bits per heavy atom. The molecule has 2 aliphatic rings. The van der Waals surface area contributed by atoms with Crippen molar-refractivity contribution in [3.8, 4) is 0 Å². The summed E-state index contributed by atoms with van der Waals surface area (Å²) in [7, 11) is 0. The second kappa shape index (κ2) is 6.95. The van der Waals surface area contributed by atoms with Crippen LogP contribution in [0.4, 0.5) is 0 Å². The van der Waals surface area contributed by atoms with Crippen molar-refractivity contribution in [3.05, 3.63) is 35.1 Å². The normalized spacial score (nSPS) is 24.4. The fourth-order valence-corrected chi connectivity index (χ4v) is 5.03. The Kier molecular flexibility index (Phi) is 4.68. The number of benzene rings is 1. The summed E-state index contributed by atoms with van der Waals surface area (Å²) in [5.74, 6) is 1.79. The highest BCUT2D eigenvalue weighted by Gasteiger charge is 2.34. The summed E-state index contributed by atoms with van der Waals surface area (Å²) in [6.45, 7) is 6.60. The molecule has 0 N–H and O–H groups in total. The fraction of sp³-hybridized carbons (Fsp3) is 0.591. The molecule has 0 radical (unpaired) electrons. The molecule has 0 bridgehead atoms. The van der Waals surface area contributed by atoms with Gasteiger partial charge in [-0.3, -0.25) is 4.79 Å². The van der Waals surface area contributed by atoms with Crippen molar-refractivity contribution in [1.82, 2.24) is 4.90 Å². The van der Waals surface area contributed by atoms with E-state index >= 15 is 0 Å². The van der Waals surface area contributed by atoms with Gasteiger partial charge in [0.1, 0.15) is 11.3 Å². The average molecular weight is 339 g/mol. The van der Waals surface area contributed by atoms with E-state index in [0.29, 0.717) is 12.3 Å². The molecule has 3 heterocycles. The SMILES string of the molecule is CCCC(=O)c1cccc2oc(C)c(C3CCN4CCCCC4C3)c12. The number of hydrogen-bond donors (Lipinski definition) is 0. The van der Waals surface area contributed by atoms with Crippen molar-refractivity contribution >= 4 is 16.8 Å². The van der Waals surface area contributed by atoms with Crippen LogP contribution in [-0.4, -0.2) is 29.8 Å². The number of furan rings is 1. The van der Waals surface area contributed by atoms with E-state index in [1.54, 1.807) is 0 Å². The summed E-state index contributed by atoms with van der Waals surface area (Å²) >= 11 is 0. The highest BCUT2D eigenvalue weighted by molar-refractivity contribution is 6.08. The number of carbonyl (C=O) groups excluding carboxylic acids is 1. The highest BCUT2D eigenvalue weighted by Crippen LogP contribution is 2.42. The van der Waals surface area contributed by atoms with Crippen molar-refractivity contribution in [2.45, 2.75) is 70.8 Å². The molecule has 0 amide bonds. The van der Waals surface area contributed by atoms with Gasteiger partial charge in [-0.15, -0.1) is 0 Å². The monoisotopic (exact) mass is 339 g/mol. The number of aryl methyl sites for hydroxylation is 1. The first-order chi connectivity index (χ1) is 12.2. The van der Waals surface area contributed by atoms with Gasteiger partial charge in [0.2, 0.25) is 0 Å². The van der Waals surface area contributed by atoms with E-state index in [-0.39, 0.29) is 5.78 Å². The molecular weight excluding hydrogens is 310 g/mol. The van der Waals surface area contributed by atoms with Gasteiger partial charge in [-0.1, -0.05) is 25.5 Å². The van der Waals surface area contributed by atoms with Crippen molar-refractivity contribution < 1.29 is 9.21 Å². The van der Waals surface area contributed by atoms with Crippen LogP contribution in [0.1, 0.15) is 79.5 Å². The highest BCUT2D eigenvalue weighted by atomic mass is 16.3. The Bertz CT molecular complexity index is 776. The molecule has 3 heteroatoms. The molecule has 2 aromatic rings. The summed E-state index contributed by atoms with van der Waals surface area (Å²) in [4.78, 5) is 15.4. The van der Waals surface area contributed by atoms with E-state index in [4.69, 9.17) is 4.42 Å². The van der Waals surface area contributed by atoms with E-state index < -0.39 is 0 Å². The maximum Gasteiger partial charge on any atom is 0.163 e. The summed E-state index contributed by atoms with van der Waals surface area (Å²) in [6, 6.07) is 6.69. The second-order valence-corrected chi connectivity index (χ2v) is 7.83. The van der Waals surface area contributed by atoms with Crippen molar-refractivity contribution in [3.63, 3.8) is 0 Å². The Morgan fingerprint density at radius 2 is 2.12 bits per heavy atom. The van der Waals surface area contributed by atoms with Gasteiger partial charge in [0.15, 0.2) is 5.78 Å². The number of carbonyl (C=O) groups is 1. The minimum Gasteiger partial charge on any atom is -0.461 e. The van der Waals surface area contributed by atoms with Crippen LogP contribution in [0.2, 0.25) is 0 Å². The zero-order valence-corrected chi connectivity index (χ0v) is 15.5. The molecule has 1 aromatic heterocycles. The number of nitrogens with zero attached hydrogens (tertiary/aromatic N) is 1. The quantitative estimate of drug-likeness (QED) is 0.694.